The van der Waals surface area contributed by atoms with Crippen molar-refractivity contribution in [2.75, 3.05) is 19.7 Å². The summed E-state index contributed by atoms with van der Waals surface area (Å²) >= 11 is 0. The van der Waals surface area contributed by atoms with Gasteiger partial charge in [0.25, 0.3) is 0 Å². The number of rotatable bonds is 8. The van der Waals surface area contributed by atoms with Crippen molar-refractivity contribution in [3.8, 4) is 0 Å². The van der Waals surface area contributed by atoms with Gasteiger partial charge in [0.15, 0.2) is 0 Å². The first-order valence-corrected chi connectivity index (χ1v) is 6.43. The molecule has 0 aromatic rings. The van der Waals surface area contributed by atoms with Gasteiger partial charge in [-0.3, -0.25) is 0 Å². The number of hydrogen-bond acceptors (Lipinski definition) is 3. The molecule has 0 aromatic carbocycles. The van der Waals surface area contributed by atoms with Crippen LogP contribution in [0, 0.1) is 0 Å². The molecule has 1 aliphatic heterocycles. The van der Waals surface area contributed by atoms with Crippen molar-refractivity contribution in [1.82, 2.24) is 10.6 Å². The molecule has 0 aromatic heterocycles. The molecule has 0 aliphatic carbocycles. The Bertz CT molecular complexity index is 292. The predicted molar refractivity (Wildman–Crippen MR) is 73.8 cm³/mol. The molecule has 1 fully saturated rings. The third kappa shape index (κ3) is 5.62. The minimum atomic E-state index is 0. The van der Waals surface area contributed by atoms with Gasteiger partial charge >= 0.3 is 0 Å². The average Bonchev–Trinajstić information content (AvgIpc) is 2.82. The molecule has 1 heterocycles. The summed E-state index contributed by atoms with van der Waals surface area (Å²) in [6.45, 7) is 12.3. The van der Waals surface area contributed by atoms with Crippen molar-refractivity contribution in [3.05, 3.63) is 30.3 Å². The van der Waals surface area contributed by atoms with Gasteiger partial charge in [0.2, 0.25) is 0 Å². The molecule has 0 spiro atoms. The normalized spacial score (nSPS) is 18.5. The van der Waals surface area contributed by atoms with Gasteiger partial charge in [-0.2, -0.15) is 0 Å². The lowest BCUT2D eigenvalue weighted by Crippen LogP contribution is -2.33. The quantitative estimate of drug-likeness (QED) is 0.504. The fourth-order valence-corrected chi connectivity index (χ4v) is 1.96. The van der Waals surface area contributed by atoms with Crippen LogP contribution in [0.4, 0.5) is 0 Å². The minimum absolute atomic E-state index is 0. The second-order valence-corrected chi connectivity index (χ2v) is 4.30. The van der Waals surface area contributed by atoms with Gasteiger partial charge in [-0.05, 0) is 26.3 Å². The number of allylic oxidation sites excluding steroid dienone is 2. The van der Waals surface area contributed by atoms with Crippen LogP contribution in [0.2, 0.25) is 0 Å². The van der Waals surface area contributed by atoms with E-state index in [4.69, 9.17) is 4.74 Å². The molecule has 98 valence electrons. The zero-order valence-electron chi connectivity index (χ0n) is 10.8. The first kappa shape index (κ1) is 13.9. The Morgan fingerprint density at radius 1 is 1.59 bits per heavy atom. The molecule has 2 N–H and O–H groups in total. The number of nitrogens with one attached hydrogen (secondary N) is 2. The van der Waals surface area contributed by atoms with Gasteiger partial charge in [-0.15, -0.1) is 5.73 Å². The van der Waals surface area contributed by atoms with Crippen LogP contribution in [0.25, 0.3) is 0 Å². The smallest absolute Gasteiger partial charge is 0.0892 e. The van der Waals surface area contributed by atoms with E-state index in [2.05, 4.69) is 29.5 Å². The fraction of sp³-hybridized carbons (Fsp3) is 0.643. The molecule has 1 atom stereocenters. The Labute approximate surface area is 106 Å². The highest BCUT2D eigenvalue weighted by Gasteiger charge is 2.13. The maximum Gasteiger partial charge on any atom is 0.0892 e. The van der Waals surface area contributed by atoms with Gasteiger partial charge in [0.1, 0.15) is 0 Å². The van der Waals surface area contributed by atoms with Crippen LogP contribution in [0.15, 0.2) is 30.3 Å². The minimum Gasteiger partial charge on any atom is -0.499 e. The van der Waals surface area contributed by atoms with Crippen molar-refractivity contribution >= 4 is 0 Å². The van der Waals surface area contributed by atoms with Crippen LogP contribution in [-0.4, -0.2) is 25.7 Å². The standard InChI is InChI=1S/C14H24N2O.H2/c1-4-13(9-8-12(3)17-5-2)16-11-14-7-6-10-15-14;/h14-16H,1,3,5-11H2,2H3;1H/t14-;/m1./s1. The average molecular weight is 238 g/mol. The van der Waals surface area contributed by atoms with E-state index in [0.29, 0.717) is 12.6 Å². The van der Waals surface area contributed by atoms with Gasteiger partial charge in [-0.25, -0.2) is 0 Å². The van der Waals surface area contributed by atoms with Gasteiger partial charge in [-0.1, -0.05) is 13.2 Å². The summed E-state index contributed by atoms with van der Waals surface area (Å²) in [6, 6.07) is 0.591. The SMILES string of the molecule is C=C=C(CCC(=C)OCC)NC[C@H]1CCCN1.[HH]. The highest BCUT2D eigenvalue weighted by molar-refractivity contribution is 5.00. The summed E-state index contributed by atoms with van der Waals surface area (Å²) in [5.74, 6) is 0.834. The number of ether oxygens (including phenoxy) is 1. The Morgan fingerprint density at radius 2 is 2.41 bits per heavy atom. The van der Waals surface area contributed by atoms with Crippen molar-refractivity contribution in [2.45, 2.75) is 38.6 Å². The van der Waals surface area contributed by atoms with Crippen LogP contribution in [0.3, 0.4) is 0 Å². The van der Waals surface area contributed by atoms with Crippen LogP contribution in [-0.2, 0) is 4.74 Å². The Balaban J connectivity index is 0.00000289. The highest BCUT2D eigenvalue weighted by Crippen LogP contribution is 2.10. The molecule has 0 bridgehead atoms. The molecule has 0 saturated carbocycles. The molecule has 1 saturated heterocycles. The summed E-state index contributed by atoms with van der Waals surface area (Å²) in [4.78, 5) is 0. The zero-order valence-corrected chi connectivity index (χ0v) is 10.8. The van der Waals surface area contributed by atoms with E-state index in [0.717, 1.165) is 37.4 Å². The van der Waals surface area contributed by atoms with Crippen LogP contribution in [0.1, 0.15) is 34.0 Å². The fourth-order valence-electron chi connectivity index (χ4n) is 1.96. The van der Waals surface area contributed by atoms with Gasteiger partial charge < -0.3 is 15.4 Å². The molecular weight excluding hydrogens is 212 g/mol. The Hall–Kier alpha value is -1.18. The topological polar surface area (TPSA) is 33.3 Å². The molecule has 0 radical (unpaired) electrons. The molecule has 1 aliphatic rings. The van der Waals surface area contributed by atoms with E-state index in [1.165, 1.54) is 12.8 Å². The van der Waals surface area contributed by atoms with Crippen molar-refractivity contribution in [1.29, 1.82) is 0 Å². The van der Waals surface area contributed by atoms with Crippen molar-refractivity contribution in [2.24, 2.45) is 0 Å². The van der Waals surface area contributed by atoms with E-state index in [-0.39, 0.29) is 1.43 Å². The first-order chi connectivity index (χ1) is 8.26. The molecule has 1 rings (SSSR count). The summed E-state index contributed by atoms with van der Waals surface area (Å²) in [5.41, 5.74) is 4.01. The molecular formula is C14H26N2O. The molecule has 3 nitrogen and oxygen atoms in total. The van der Waals surface area contributed by atoms with E-state index >= 15 is 0 Å². The van der Waals surface area contributed by atoms with Crippen LogP contribution >= 0.6 is 0 Å². The number of hydrogen-bond donors (Lipinski definition) is 2. The van der Waals surface area contributed by atoms with Gasteiger partial charge in [0, 0.05) is 26.9 Å². The monoisotopic (exact) mass is 238 g/mol. The molecule has 17 heavy (non-hydrogen) atoms. The largest absolute Gasteiger partial charge is 0.499 e. The van der Waals surface area contributed by atoms with Crippen molar-refractivity contribution < 1.29 is 6.16 Å². The summed E-state index contributed by atoms with van der Waals surface area (Å²) in [6.07, 6.45) is 4.23. The molecule has 0 unspecified atom stereocenters. The molecule has 0 amide bonds. The van der Waals surface area contributed by atoms with E-state index in [1.807, 2.05) is 6.92 Å². The first-order valence-electron chi connectivity index (χ1n) is 6.43. The maximum absolute atomic E-state index is 5.32. The van der Waals surface area contributed by atoms with E-state index < -0.39 is 0 Å². The summed E-state index contributed by atoms with van der Waals surface area (Å²) in [7, 11) is 0. The van der Waals surface area contributed by atoms with E-state index in [9.17, 15) is 0 Å². The van der Waals surface area contributed by atoms with Crippen molar-refractivity contribution in [3.63, 3.8) is 0 Å². The third-order valence-electron chi connectivity index (χ3n) is 2.94. The Kier molecular flexibility index (Phi) is 6.53. The molecule has 3 heteroatoms. The lowest BCUT2D eigenvalue weighted by Gasteiger charge is -2.14. The maximum atomic E-state index is 5.32. The summed E-state index contributed by atoms with van der Waals surface area (Å²) < 4.78 is 5.32. The predicted octanol–water partition coefficient (Wildman–Crippen LogP) is 2.57. The highest BCUT2D eigenvalue weighted by atomic mass is 16.5. The second kappa shape index (κ2) is 7.99. The summed E-state index contributed by atoms with van der Waals surface area (Å²) in [5, 5.41) is 6.85. The van der Waals surface area contributed by atoms with Crippen LogP contribution in [0.5, 0.6) is 0 Å². The Morgan fingerprint density at radius 3 is 3.00 bits per heavy atom. The second-order valence-electron chi connectivity index (χ2n) is 4.30. The van der Waals surface area contributed by atoms with Gasteiger partial charge in [0.05, 0.1) is 18.1 Å². The lowest BCUT2D eigenvalue weighted by atomic mass is 10.2. The third-order valence-corrected chi connectivity index (χ3v) is 2.94. The van der Waals surface area contributed by atoms with Crippen LogP contribution < -0.4 is 10.6 Å². The van der Waals surface area contributed by atoms with E-state index in [1.54, 1.807) is 0 Å². The lowest BCUT2D eigenvalue weighted by molar-refractivity contribution is 0.220. The zero-order chi connectivity index (χ0) is 12.5.